The molecule has 0 saturated carbocycles. The smallest absolute Gasteiger partial charge is 0.154 e. The number of halogens is 1. The first-order valence-electron chi connectivity index (χ1n) is 7.63. The quantitative estimate of drug-likeness (QED) is 0.287. The second kappa shape index (κ2) is 6.42. The highest BCUT2D eigenvalue weighted by Gasteiger charge is 2.06. The van der Waals surface area contributed by atoms with Gasteiger partial charge >= 0.3 is 0 Å². The fourth-order valence-corrected chi connectivity index (χ4v) is 2.97. The second-order valence-electron chi connectivity index (χ2n) is 5.44. The van der Waals surface area contributed by atoms with E-state index in [9.17, 15) is 0 Å². The van der Waals surface area contributed by atoms with E-state index < -0.39 is 0 Å². The molecular weight excluding hydrogens is 362 g/mol. The van der Waals surface area contributed by atoms with Gasteiger partial charge in [0.15, 0.2) is 5.82 Å². The lowest BCUT2D eigenvalue weighted by Crippen LogP contribution is -1.96. The van der Waals surface area contributed by atoms with Gasteiger partial charge in [0, 0.05) is 15.2 Å². The van der Waals surface area contributed by atoms with Crippen molar-refractivity contribution in [2.45, 2.75) is 0 Å². The molecule has 0 bridgehead atoms. The highest BCUT2D eigenvalue weighted by atomic mass is 79.9. The molecule has 1 aromatic heterocycles. The molecule has 4 heteroatoms. The summed E-state index contributed by atoms with van der Waals surface area (Å²) in [5, 5.41) is 7.72. The molecule has 3 aromatic carbocycles. The summed E-state index contributed by atoms with van der Waals surface area (Å²) in [4.78, 5) is 4.72. The maximum absolute atomic E-state index is 4.72. The summed E-state index contributed by atoms with van der Waals surface area (Å²) >= 11 is 3.43. The van der Waals surface area contributed by atoms with Crippen LogP contribution in [-0.4, -0.2) is 11.2 Å². The summed E-state index contributed by atoms with van der Waals surface area (Å²) in [6, 6.07) is 24.4. The molecule has 24 heavy (non-hydrogen) atoms. The average Bonchev–Trinajstić information content (AvgIpc) is 2.63. The molecule has 0 saturated heterocycles. The van der Waals surface area contributed by atoms with Crippen LogP contribution in [0.2, 0.25) is 0 Å². The first-order chi connectivity index (χ1) is 11.8. The Morgan fingerprint density at radius 3 is 2.25 bits per heavy atom. The van der Waals surface area contributed by atoms with Gasteiger partial charge in [0.25, 0.3) is 0 Å². The van der Waals surface area contributed by atoms with Gasteiger partial charge in [0.2, 0.25) is 0 Å². The highest BCUT2D eigenvalue weighted by molar-refractivity contribution is 9.10. The normalized spacial score (nSPS) is 11.4. The number of rotatable bonds is 3. The van der Waals surface area contributed by atoms with Gasteiger partial charge in [-0.1, -0.05) is 70.5 Å². The summed E-state index contributed by atoms with van der Waals surface area (Å²) in [7, 11) is 0. The van der Waals surface area contributed by atoms with E-state index in [1.807, 2.05) is 54.6 Å². The SMILES string of the molecule is Brc1ccc(/C=N/Nc2nc3ccccc3c3ccccc23)cc1. The molecule has 0 amide bonds. The van der Waals surface area contributed by atoms with Gasteiger partial charge in [-0.3, -0.25) is 5.43 Å². The number of nitrogens with zero attached hydrogens (tertiary/aromatic N) is 2. The number of hydrazone groups is 1. The van der Waals surface area contributed by atoms with Gasteiger partial charge in [0.1, 0.15) is 0 Å². The van der Waals surface area contributed by atoms with E-state index in [-0.39, 0.29) is 0 Å². The first-order valence-corrected chi connectivity index (χ1v) is 8.43. The molecule has 1 heterocycles. The van der Waals surface area contributed by atoms with Gasteiger partial charge in [0.05, 0.1) is 11.7 Å². The Balaban J connectivity index is 1.74. The van der Waals surface area contributed by atoms with Crippen LogP contribution >= 0.6 is 15.9 Å². The summed E-state index contributed by atoms with van der Waals surface area (Å²) in [6.07, 6.45) is 1.79. The molecule has 0 aliphatic carbocycles. The Labute approximate surface area is 148 Å². The average molecular weight is 376 g/mol. The Hall–Kier alpha value is -2.72. The minimum atomic E-state index is 0.762. The van der Waals surface area contributed by atoms with Gasteiger partial charge in [-0.05, 0) is 29.1 Å². The molecule has 4 rings (SSSR count). The van der Waals surface area contributed by atoms with Crippen LogP contribution in [0.3, 0.4) is 0 Å². The van der Waals surface area contributed by atoms with E-state index in [4.69, 9.17) is 4.98 Å². The molecule has 4 aromatic rings. The fourth-order valence-electron chi connectivity index (χ4n) is 2.71. The third kappa shape index (κ3) is 2.88. The van der Waals surface area contributed by atoms with Crippen LogP contribution < -0.4 is 5.43 Å². The molecule has 0 fully saturated rings. The van der Waals surface area contributed by atoms with Crippen molar-refractivity contribution in [1.29, 1.82) is 0 Å². The monoisotopic (exact) mass is 375 g/mol. The lowest BCUT2D eigenvalue weighted by atomic mass is 10.1. The van der Waals surface area contributed by atoms with Crippen molar-refractivity contribution >= 4 is 49.6 Å². The van der Waals surface area contributed by atoms with Crippen LogP contribution in [0.5, 0.6) is 0 Å². The summed E-state index contributed by atoms with van der Waals surface area (Å²) in [5.74, 6) is 0.762. The highest BCUT2D eigenvalue weighted by Crippen LogP contribution is 2.28. The standard InChI is InChI=1S/C20H14BrN3/c21-15-11-9-14(10-12-15)13-22-24-20-18-7-2-1-5-16(18)17-6-3-4-8-19(17)23-20/h1-13H,(H,23,24)/b22-13+. The Bertz CT molecular complexity index is 1040. The first kappa shape index (κ1) is 14.8. The molecule has 0 aliphatic heterocycles. The number of aromatic nitrogens is 1. The van der Waals surface area contributed by atoms with Crippen LogP contribution in [0.4, 0.5) is 5.82 Å². The zero-order valence-electron chi connectivity index (χ0n) is 12.8. The largest absolute Gasteiger partial charge is 0.261 e. The number of nitrogens with one attached hydrogen (secondary N) is 1. The van der Waals surface area contributed by atoms with E-state index in [2.05, 4.69) is 44.7 Å². The number of fused-ring (bicyclic) bond motifs is 3. The Kier molecular flexibility index (Phi) is 3.97. The number of pyridine rings is 1. The van der Waals surface area contributed by atoms with E-state index in [0.717, 1.165) is 32.1 Å². The fraction of sp³-hybridized carbons (Fsp3) is 0. The van der Waals surface area contributed by atoms with Gasteiger partial charge in [-0.25, -0.2) is 4.98 Å². The summed E-state index contributed by atoms with van der Waals surface area (Å²) in [5.41, 5.74) is 5.07. The summed E-state index contributed by atoms with van der Waals surface area (Å²) < 4.78 is 1.05. The Morgan fingerprint density at radius 1 is 0.792 bits per heavy atom. The van der Waals surface area contributed by atoms with Gasteiger partial charge in [-0.2, -0.15) is 5.10 Å². The van der Waals surface area contributed by atoms with E-state index in [0.29, 0.717) is 0 Å². The van der Waals surface area contributed by atoms with Crippen LogP contribution in [0.1, 0.15) is 5.56 Å². The van der Waals surface area contributed by atoms with Crippen molar-refractivity contribution in [2.75, 3.05) is 5.43 Å². The van der Waals surface area contributed by atoms with Crippen molar-refractivity contribution < 1.29 is 0 Å². The minimum absolute atomic E-state index is 0.762. The predicted molar refractivity (Wildman–Crippen MR) is 105 cm³/mol. The number of para-hydroxylation sites is 1. The Morgan fingerprint density at radius 2 is 1.46 bits per heavy atom. The molecule has 116 valence electrons. The van der Waals surface area contributed by atoms with Gasteiger partial charge < -0.3 is 0 Å². The van der Waals surface area contributed by atoms with Crippen LogP contribution in [0.25, 0.3) is 21.7 Å². The molecule has 0 atom stereocenters. The van der Waals surface area contributed by atoms with Crippen molar-refractivity contribution in [1.82, 2.24) is 4.98 Å². The van der Waals surface area contributed by atoms with Crippen molar-refractivity contribution in [3.8, 4) is 0 Å². The zero-order valence-corrected chi connectivity index (χ0v) is 14.4. The van der Waals surface area contributed by atoms with Crippen LogP contribution in [-0.2, 0) is 0 Å². The molecule has 3 nitrogen and oxygen atoms in total. The van der Waals surface area contributed by atoms with E-state index in [1.54, 1.807) is 6.21 Å². The van der Waals surface area contributed by atoms with Crippen LogP contribution in [0.15, 0.2) is 82.4 Å². The lowest BCUT2D eigenvalue weighted by molar-refractivity contribution is 1.28. The van der Waals surface area contributed by atoms with E-state index >= 15 is 0 Å². The number of benzene rings is 3. The number of hydrogen-bond donors (Lipinski definition) is 1. The second-order valence-corrected chi connectivity index (χ2v) is 6.36. The minimum Gasteiger partial charge on any atom is -0.261 e. The van der Waals surface area contributed by atoms with Crippen molar-refractivity contribution in [3.63, 3.8) is 0 Å². The maximum atomic E-state index is 4.72. The molecule has 0 spiro atoms. The van der Waals surface area contributed by atoms with Crippen molar-refractivity contribution in [2.24, 2.45) is 5.10 Å². The number of hydrogen-bond acceptors (Lipinski definition) is 3. The topological polar surface area (TPSA) is 37.3 Å². The molecule has 1 N–H and O–H groups in total. The zero-order chi connectivity index (χ0) is 16.4. The summed E-state index contributed by atoms with van der Waals surface area (Å²) in [6.45, 7) is 0. The van der Waals surface area contributed by atoms with Gasteiger partial charge in [-0.15, -0.1) is 0 Å². The maximum Gasteiger partial charge on any atom is 0.154 e. The molecule has 0 unspecified atom stereocenters. The lowest BCUT2D eigenvalue weighted by Gasteiger charge is -2.08. The third-order valence-corrected chi connectivity index (χ3v) is 4.39. The molecule has 0 radical (unpaired) electrons. The van der Waals surface area contributed by atoms with Crippen molar-refractivity contribution in [3.05, 3.63) is 82.8 Å². The van der Waals surface area contributed by atoms with Crippen LogP contribution in [0, 0.1) is 0 Å². The molecule has 0 aliphatic rings. The predicted octanol–water partition coefficient (Wildman–Crippen LogP) is 5.60. The number of anilines is 1. The third-order valence-electron chi connectivity index (χ3n) is 3.86. The molecular formula is C20H14BrN3. The van der Waals surface area contributed by atoms with E-state index in [1.165, 1.54) is 5.39 Å².